The highest BCUT2D eigenvalue weighted by Crippen LogP contribution is 2.45. The molecule has 2 heterocycles. The van der Waals surface area contributed by atoms with Crippen molar-refractivity contribution in [3.63, 3.8) is 0 Å². The molecule has 152 valence electrons. The van der Waals surface area contributed by atoms with E-state index in [1.54, 1.807) is 35.6 Å². The zero-order chi connectivity index (χ0) is 21.4. The van der Waals surface area contributed by atoms with Crippen molar-refractivity contribution in [3.05, 3.63) is 71.3 Å². The second kappa shape index (κ2) is 7.23. The monoisotopic (exact) mass is 406 g/mol. The van der Waals surface area contributed by atoms with E-state index < -0.39 is 40.6 Å². The van der Waals surface area contributed by atoms with E-state index in [1.165, 1.54) is 13.0 Å². The Morgan fingerprint density at radius 1 is 1.14 bits per heavy atom. The Bertz CT molecular complexity index is 981. The summed E-state index contributed by atoms with van der Waals surface area (Å²) in [7, 11) is 0. The Morgan fingerprint density at radius 3 is 2.31 bits per heavy atom. The third kappa shape index (κ3) is 3.32. The van der Waals surface area contributed by atoms with Gasteiger partial charge in [-0.3, -0.25) is 14.4 Å². The minimum atomic E-state index is -5.26. The minimum absolute atomic E-state index is 0.163. The third-order valence-corrected chi connectivity index (χ3v) is 4.71. The lowest BCUT2D eigenvalue weighted by Gasteiger charge is -2.33. The molecule has 3 rings (SSSR count). The number of carbonyl (C=O) groups excluding carboxylic acids is 3. The molecule has 1 aliphatic rings. The molecule has 0 fully saturated rings. The van der Waals surface area contributed by atoms with Crippen LogP contribution in [0, 0.1) is 0 Å². The molecule has 0 bridgehead atoms. The van der Waals surface area contributed by atoms with Gasteiger partial charge >= 0.3 is 6.18 Å². The molecule has 0 saturated carbocycles. The van der Waals surface area contributed by atoms with Gasteiger partial charge in [0, 0.05) is 5.70 Å². The smallest absolute Gasteiger partial charge is 0.425 e. The third-order valence-electron chi connectivity index (χ3n) is 4.71. The molecule has 29 heavy (non-hydrogen) atoms. The minimum Gasteiger partial charge on any atom is -0.459 e. The van der Waals surface area contributed by atoms with Crippen LogP contribution < -0.4 is 5.32 Å². The van der Waals surface area contributed by atoms with Gasteiger partial charge < -0.3 is 14.6 Å². The molecule has 1 atom stereocenters. The molecule has 1 aromatic carbocycles. The normalized spacial score (nSPS) is 19.6. The van der Waals surface area contributed by atoms with E-state index in [0.717, 1.165) is 24.2 Å². The molecule has 6 nitrogen and oxygen atoms in total. The van der Waals surface area contributed by atoms with Gasteiger partial charge in [0.1, 0.15) is 0 Å². The summed E-state index contributed by atoms with van der Waals surface area (Å²) in [5.41, 5.74) is -3.91. The van der Waals surface area contributed by atoms with Crippen LogP contribution in [0.15, 0.2) is 64.4 Å². The van der Waals surface area contributed by atoms with Crippen molar-refractivity contribution < 1.29 is 32.0 Å². The molecule has 0 radical (unpaired) electrons. The second-order valence-electron chi connectivity index (χ2n) is 6.57. The summed E-state index contributed by atoms with van der Waals surface area (Å²) in [6, 6.07) is 10.8. The molecule has 2 aromatic rings. The first-order valence-electron chi connectivity index (χ1n) is 8.60. The molecule has 0 spiro atoms. The Morgan fingerprint density at radius 2 is 1.79 bits per heavy atom. The molecule has 9 heteroatoms. The van der Waals surface area contributed by atoms with Gasteiger partial charge in [-0.15, -0.1) is 0 Å². The quantitative estimate of drug-likeness (QED) is 0.827. The maximum Gasteiger partial charge on any atom is 0.425 e. The lowest BCUT2D eigenvalue weighted by atomic mass is 9.86. The van der Waals surface area contributed by atoms with E-state index in [4.69, 9.17) is 4.42 Å². The number of alkyl halides is 3. The van der Waals surface area contributed by atoms with Crippen LogP contribution in [0.5, 0.6) is 0 Å². The summed E-state index contributed by atoms with van der Waals surface area (Å²) < 4.78 is 47.7. The van der Waals surface area contributed by atoms with Crippen molar-refractivity contribution in [1.29, 1.82) is 0 Å². The van der Waals surface area contributed by atoms with Crippen molar-refractivity contribution in [3.8, 4) is 0 Å². The summed E-state index contributed by atoms with van der Waals surface area (Å²) in [5.74, 6) is -4.09. The molecule has 1 N–H and O–H groups in total. The van der Waals surface area contributed by atoms with Gasteiger partial charge in [0.15, 0.2) is 11.5 Å². The summed E-state index contributed by atoms with van der Waals surface area (Å²) in [6.07, 6.45) is -4.15. The van der Waals surface area contributed by atoms with Gasteiger partial charge in [-0.05, 0) is 31.5 Å². The summed E-state index contributed by atoms with van der Waals surface area (Å²) in [5, 5.41) is 1.73. The number of hydrogen-bond acceptors (Lipinski definition) is 4. The van der Waals surface area contributed by atoms with Crippen molar-refractivity contribution in [2.75, 3.05) is 0 Å². The van der Waals surface area contributed by atoms with Gasteiger partial charge in [0.25, 0.3) is 11.8 Å². The van der Waals surface area contributed by atoms with E-state index in [-0.39, 0.29) is 12.2 Å². The van der Waals surface area contributed by atoms with Crippen molar-refractivity contribution >= 4 is 17.6 Å². The van der Waals surface area contributed by atoms with E-state index in [2.05, 4.69) is 0 Å². The number of Topliss-reactive ketones (excluding diaryl/α,β-unsaturated/α-hetero) is 1. The van der Waals surface area contributed by atoms with Crippen LogP contribution >= 0.6 is 0 Å². The van der Waals surface area contributed by atoms with Gasteiger partial charge in [-0.2, -0.15) is 13.2 Å². The molecule has 0 aliphatic carbocycles. The second-order valence-corrected chi connectivity index (χ2v) is 6.57. The number of ketones is 1. The Labute approximate surface area is 164 Å². The van der Waals surface area contributed by atoms with Crippen LogP contribution in [-0.2, 0) is 16.1 Å². The summed E-state index contributed by atoms with van der Waals surface area (Å²) in [4.78, 5) is 38.5. The number of benzene rings is 1. The average Bonchev–Trinajstić information content (AvgIpc) is 3.25. The van der Waals surface area contributed by atoms with Crippen LogP contribution in [0.25, 0.3) is 0 Å². The fourth-order valence-corrected chi connectivity index (χ4v) is 3.43. The highest BCUT2D eigenvalue weighted by atomic mass is 19.4. The van der Waals surface area contributed by atoms with Crippen LogP contribution in [0.3, 0.4) is 0 Å². The number of rotatable bonds is 5. The van der Waals surface area contributed by atoms with Gasteiger partial charge in [0.05, 0.1) is 18.4 Å². The molecule has 0 unspecified atom stereocenters. The van der Waals surface area contributed by atoms with E-state index in [9.17, 15) is 27.6 Å². The first-order valence-corrected chi connectivity index (χ1v) is 8.60. The Hall–Kier alpha value is -3.36. The summed E-state index contributed by atoms with van der Waals surface area (Å²) in [6.45, 7) is 2.00. The maximum atomic E-state index is 14.3. The van der Waals surface area contributed by atoms with Crippen molar-refractivity contribution in [1.82, 2.24) is 10.2 Å². The van der Waals surface area contributed by atoms with Crippen molar-refractivity contribution in [2.45, 2.75) is 32.1 Å². The van der Waals surface area contributed by atoms with Crippen LogP contribution in [-0.4, -0.2) is 34.2 Å². The fourth-order valence-electron chi connectivity index (χ4n) is 3.43. The zero-order valence-corrected chi connectivity index (χ0v) is 15.5. The number of hydrogen-bond donors (Lipinski definition) is 1. The van der Waals surface area contributed by atoms with Gasteiger partial charge in [-0.25, -0.2) is 0 Å². The van der Waals surface area contributed by atoms with Crippen LogP contribution in [0.1, 0.15) is 30.0 Å². The number of furan rings is 1. The number of amides is 2. The maximum absolute atomic E-state index is 14.3. The predicted molar refractivity (Wildman–Crippen MR) is 95.3 cm³/mol. The number of carbonyl (C=O) groups is 3. The number of nitrogens with zero attached hydrogens (tertiary/aromatic N) is 1. The van der Waals surface area contributed by atoms with Crippen LogP contribution in [0.2, 0.25) is 0 Å². The Kier molecular flexibility index (Phi) is 5.08. The standard InChI is InChI=1S/C20H17F3N2O4/c1-12-16(13(2)26)19(20(21,22)23,24-17(27)15-9-6-10-29-15)18(28)25(12)11-14-7-4-3-5-8-14/h3-10H,11H2,1-2H3,(H,24,27)/t19-/m1/s1. The highest BCUT2D eigenvalue weighted by Gasteiger charge is 2.70. The lowest BCUT2D eigenvalue weighted by molar-refractivity contribution is -0.190. The summed E-state index contributed by atoms with van der Waals surface area (Å²) >= 11 is 0. The lowest BCUT2D eigenvalue weighted by Crippen LogP contribution is -2.66. The molecule has 0 saturated heterocycles. The zero-order valence-electron chi connectivity index (χ0n) is 15.5. The first kappa shape index (κ1) is 20.4. The molecular weight excluding hydrogens is 389 g/mol. The molecular formula is C20H17F3N2O4. The van der Waals surface area contributed by atoms with E-state index in [1.807, 2.05) is 0 Å². The average molecular weight is 406 g/mol. The predicted octanol–water partition coefficient (Wildman–Crippen LogP) is 3.22. The first-order chi connectivity index (χ1) is 13.6. The van der Waals surface area contributed by atoms with Gasteiger partial charge in [-0.1, -0.05) is 30.3 Å². The van der Waals surface area contributed by atoms with E-state index in [0.29, 0.717) is 5.56 Å². The Balaban J connectivity index is 2.12. The van der Waals surface area contributed by atoms with Gasteiger partial charge in [0.2, 0.25) is 5.54 Å². The SMILES string of the molecule is CC(=O)C1=C(C)N(Cc2ccccc2)C(=O)[C@@]1(NC(=O)c1ccco1)C(F)(F)F. The number of halogens is 3. The highest BCUT2D eigenvalue weighted by molar-refractivity contribution is 6.12. The fraction of sp³-hybridized carbons (Fsp3) is 0.250. The van der Waals surface area contributed by atoms with Crippen molar-refractivity contribution in [2.24, 2.45) is 0 Å². The largest absolute Gasteiger partial charge is 0.459 e. The van der Waals surface area contributed by atoms with Crippen LogP contribution in [0.4, 0.5) is 13.2 Å². The molecule has 2 amide bonds. The molecule has 1 aromatic heterocycles. The van der Waals surface area contributed by atoms with E-state index >= 15 is 0 Å². The molecule has 1 aliphatic heterocycles. The topological polar surface area (TPSA) is 79.6 Å². The number of allylic oxidation sites excluding steroid dienone is 1. The number of nitrogens with one attached hydrogen (secondary N) is 1.